The van der Waals surface area contributed by atoms with Gasteiger partial charge in [-0.3, -0.25) is 4.79 Å². The fourth-order valence-electron chi connectivity index (χ4n) is 2.25. The Balaban J connectivity index is 1.87. The molecule has 2 N–H and O–H groups in total. The second kappa shape index (κ2) is 7.38. The molecule has 0 aliphatic rings. The Kier molecular flexibility index (Phi) is 5.53. The van der Waals surface area contributed by atoms with Crippen molar-refractivity contribution >= 4 is 17.2 Å². The van der Waals surface area contributed by atoms with Crippen molar-refractivity contribution in [1.29, 1.82) is 0 Å². The summed E-state index contributed by atoms with van der Waals surface area (Å²) in [6, 6.07) is 11.4. The first-order chi connectivity index (χ1) is 10.1. The van der Waals surface area contributed by atoms with Crippen LogP contribution in [0.3, 0.4) is 0 Å². The average molecular weight is 303 g/mol. The zero-order valence-electron chi connectivity index (χ0n) is 12.3. The molecule has 112 valence electrons. The van der Waals surface area contributed by atoms with Crippen LogP contribution < -0.4 is 5.32 Å². The van der Waals surface area contributed by atoms with Gasteiger partial charge in [0.2, 0.25) is 5.91 Å². The summed E-state index contributed by atoms with van der Waals surface area (Å²) in [4.78, 5) is 12.2. The highest BCUT2D eigenvalue weighted by Crippen LogP contribution is 2.20. The number of hydrogen-bond donors (Lipinski definition) is 2. The maximum absolute atomic E-state index is 12.2. The number of aliphatic hydroxyl groups is 1. The van der Waals surface area contributed by atoms with Gasteiger partial charge >= 0.3 is 0 Å². The maximum atomic E-state index is 12.2. The number of carbonyl (C=O) groups is 1. The van der Waals surface area contributed by atoms with Crippen LogP contribution >= 0.6 is 11.3 Å². The first-order valence-corrected chi connectivity index (χ1v) is 8.07. The third kappa shape index (κ3) is 4.41. The van der Waals surface area contributed by atoms with Crippen LogP contribution in [0.2, 0.25) is 0 Å². The lowest BCUT2D eigenvalue weighted by Gasteiger charge is -2.20. The summed E-state index contributed by atoms with van der Waals surface area (Å²) in [6.07, 6.45) is -0.0514. The van der Waals surface area contributed by atoms with Gasteiger partial charge in [-0.1, -0.05) is 30.3 Å². The van der Waals surface area contributed by atoms with Crippen molar-refractivity contribution in [3.05, 3.63) is 58.3 Å². The molecule has 1 heterocycles. The quantitative estimate of drug-likeness (QED) is 0.858. The molecule has 0 bridgehead atoms. The van der Waals surface area contributed by atoms with Crippen LogP contribution in [0.5, 0.6) is 0 Å². The molecule has 2 rings (SSSR count). The Morgan fingerprint density at radius 2 is 1.90 bits per heavy atom. The van der Waals surface area contributed by atoms with E-state index in [1.165, 1.54) is 0 Å². The normalized spacial score (nSPS) is 15.2. The molecule has 1 aromatic heterocycles. The minimum absolute atomic E-state index is 0.00108. The summed E-state index contributed by atoms with van der Waals surface area (Å²) in [5, 5.41) is 17.1. The summed E-state index contributed by atoms with van der Waals surface area (Å²) in [6.45, 7) is 3.82. The molecule has 0 fully saturated rings. The van der Waals surface area contributed by atoms with Crippen LogP contribution in [-0.4, -0.2) is 17.1 Å². The van der Waals surface area contributed by atoms with Crippen molar-refractivity contribution in [2.24, 2.45) is 0 Å². The number of amides is 1. The number of aliphatic hydroxyl groups excluding tert-OH is 1. The predicted molar refractivity (Wildman–Crippen MR) is 86.4 cm³/mol. The van der Waals surface area contributed by atoms with Gasteiger partial charge in [-0.05, 0) is 48.2 Å². The molecule has 0 aliphatic heterocycles. The molecule has 21 heavy (non-hydrogen) atoms. The minimum Gasteiger partial charge on any atom is -0.388 e. The topological polar surface area (TPSA) is 49.3 Å². The minimum atomic E-state index is -0.557. The van der Waals surface area contributed by atoms with E-state index in [-0.39, 0.29) is 17.9 Å². The molecule has 0 radical (unpaired) electrons. The standard InChI is InChI=1S/C17H21NO2S/c1-12(10-16(19)14-6-4-3-5-7-14)18-17(20)13(2)15-8-9-21-11-15/h3-9,11-13,16,19H,10H2,1-2H3,(H,18,20). The van der Waals surface area contributed by atoms with E-state index >= 15 is 0 Å². The van der Waals surface area contributed by atoms with E-state index in [0.29, 0.717) is 6.42 Å². The predicted octanol–water partition coefficient (Wildman–Crippen LogP) is 3.48. The first kappa shape index (κ1) is 15.7. The van der Waals surface area contributed by atoms with Gasteiger partial charge in [0, 0.05) is 6.04 Å². The van der Waals surface area contributed by atoms with E-state index in [4.69, 9.17) is 0 Å². The highest BCUT2D eigenvalue weighted by molar-refractivity contribution is 7.08. The van der Waals surface area contributed by atoms with E-state index in [0.717, 1.165) is 11.1 Å². The highest BCUT2D eigenvalue weighted by Gasteiger charge is 2.19. The summed E-state index contributed by atoms with van der Waals surface area (Å²) >= 11 is 1.59. The average Bonchev–Trinajstić information content (AvgIpc) is 3.01. The summed E-state index contributed by atoms with van der Waals surface area (Å²) < 4.78 is 0. The van der Waals surface area contributed by atoms with Crippen molar-refractivity contribution in [1.82, 2.24) is 5.32 Å². The van der Waals surface area contributed by atoms with E-state index in [9.17, 15) is 9.90 Å². The number of carbonyl (C=O) groups excluding carboxylic acids is 1. The molecule has 1 aromatic carbocycles. The van der Waals surface area contributed by atoms with E-state index in [2.05, 4.69) is 5.32 Å². The summed E-state index contributed by atoms with van der Waals surface area (Å²) in [5.41, 5.74) is 1.91. The van der Waals surface area contributed by atoms with Crippen LogP contribution in [0.25, 0.3) is 0 Å². The van der Waals surface area contributed by atoms with Gasteiger partial charge in [0.05, 0.1) is 12.0 Å². The van der Waals surface area contributed by atoms with Crippen LogP contribution in [0.15, 0.2) is 47.2 Å². The van der Waals surface area contributed by atoms with Crippen molar-refractivity contribution in [2.45, 2.75) is 38.3 Å². The number of benzene rings is 1. The third-order valence-electron chi connectivity index (χ3n) is 3.59. The summed E-state index contributed by atoms with van der Waals surface area (Å²) in [7, 11) is 0. The molecule has 0 saturated carbocycles. The van der Waals surface area contributed by atoms with Gasteiger partial charge in [-0.25, -0.2) is 0 Å². The second-order valence-electron chi connectivity index (χ2n) is 5.35. The largest absolute Gasteiger partial charge is 0.388 e. The van der Waals surface area contributed by atoms with E-state index in [1.807, 2.05) is 61.0 Å². The SMILES string of the molecule is CC(CC(O)c1ccccc1)NC(=O)C(C)c1ccsc1. The van der Waals surface area contributed by atoms with E-state index in [1.54, 1.807) is 11.3 Å². The number of thiophene rings is 1. The fourth-order valence-corrected chi connectivity index (χ4v) is 3.00. The van der Waals surface area contributed by atoms with Crippen LogP contribution in [0, 0.1) is 0 Å². The maximum Gasteiger partial charge on any atom is 0.227 e. The molecule has 0 aliphatic carbocycles. The van der Waals surface area contributed by atoms with Crippen LogP contribution in [0.1, 0.15) is 43.4 Å². The number of hydrogen-bond acceptors (Lipinski definition) is 3. The lowest BCUT2D eigenvalue weighted by molar-refractivity contribution is -0.123. The first-order valence-electron chi connectivity index (χ1n) is 7.13. The third-order valence-corrected chi connectivity index (χ3v) is 4.29. The van der Waals surface area contributed by atoms with Crippen molar-refractivity contribution in [3.63, 3.8) is 0 Å². The number of rotatable bonds is 6. The lowest BCUT2D eigenvalue weighted by Crippen LogP contribution is -2.36. The molecule has 0 saturated heterocycles. The molecule has 1 amide bonds. The van der Waals surface area contributed by atoms with Crippen molar-refractivity contribution in [2.75, 3.05) is 0 Å². The Bertz CT molecular complexity index is 553. The highest BCUT2D eigenvalue weighted by atomic mass is 32.1. The molecular weight excluding hydrogens is 282 g/mol. The van der Waals surface area contributed by atoms with E-state index < -0.39 is 6.10 Å². The van der Waals surface area contributed by atoms with Gasteiger partial charge in [-0.15, -0.1) is 0 Å². The molecule has 2 aromatic rings. The fraction of sp³-hybridized carbons (Fsp3) is 0.353. The van der Waals surface area contributed by atoms with Gasteiger partial charge in [0.15, 0.2) is 0 Å². The smallest absolute Gasteiger partial charge is 0.227 e. The molecule has 3 unspecified atom stereocenters. The van der Waals surface area contributed by atoms with Gasteiger partial charge in [-0.2, -0.15) is 11.3 Å². The Hall–Kier alpha value is -1.65. The molecule has 3 atom stereocenters. The zero-order chi connectivity index (χ0) is 15.2. The molecule has 4 heteroatoms. The lowest BCUT2D eigenvalue weighted by atomic mass is 10.0. The molecular formula is C17H21NO2S. The monoisotopic (exact) mass is 303 g/mol. The van der Waals surface area contributed by atoms with Crippen molar-refractivity contribution < 1.29 is 9.90 Å². The van der Waals surface area contributed by atoms with Crippen molar-refractivity contribution in [3.8, 4) is 0 Å². The Morgan fingerprint density at radius 1 is 1.19 bits per heavy atom. The molecule has 0 spiro atoms. The van der Waals surface area contributed by atoms with Crippen LogP contribution in [-0.2, 0) is 4.79 Å². The van der Waals surface area contributed by atoms with Gasteiger partial charge in [0.25, 0.3) is 0 Å². The zero-order valence-corrected chi connectivity index (χ0v) is 13.1. The molecule has 3 nitrogen and oxygen atoms in total. The van der Waals surface area contributed by atoms with Crippen LogP contribution in [0.4, 0.5) is 0 Å². The second-order valence-corrected chi connectivity index (χ2v) is 6.13. The number of nitrogens with one attached hydrogen (secondary N) is 1. The van der Waals surface area contributed by atoms with Gasteiger partial charge < -0.3 is 10.4 Å². The van der Waals surface area contributed by atoms with Gasteiger partial charge in [0.1, 0.15) is 0 Å². The summed E-state index contributed by atoms with van der Waals surface area (Å²) in [5.74, 6) is -0.159. The Morgan fingerprint density at radius 3 is 2.52 bits per heavy atom. The Labute approximate surface area is 129 Å².